The first-order valence-corrected chi connectivity index (χ1v) is 7.76. The monoisotopic (exact) mass is 393 g/mol. The second kappa shape index (κ2) is 7.22. The van der Waals surface area contributed by atoms with Gasteiger partial charge in [-0.2, -0.15) is 10.2 Å². The van der Waals surface area contributed by atoms with Crippen molar-refractivity contribution in [3.63, 3.8) is 0 Å². The van der Waals surface area contributed by atoms with Gasteiger partial charge in [-0.1, -0.05) is 6.92 Å². The highest BCUT2D eigenvalue weighted by Crippen LogP contribution is 2.20. The predicted octanol–water partition coefficient (Wildman–Crippen LogP) is 3.83. The van der Waals surface area contributed by atoms with Gasteiger partial charge in [0.05, 0.1) is 15.2 Å². The lowest BCUT2D eigenvalue weighted by atomic mass is 10.1. The topological polar surface area (TPSA) is 73.6 Å². The Hall–Kier alpha value is -1.88. The van der Waals surface area contributed by atoms with Crippen molar-refractivity contribution in [1.29, 1.82) is 5.26 Å². The molecule has 0 aliphatic rings. The first-order valence-electron chi connectivity index (χ1n) is 6.68. The van der Waals surface area contributed by atoms with Crippen molar-refractivity contribution in [3.8, 4) is 6.07 Å². The molecule has 0 atom stereocenters. The van der Waals surface area contributed by atoms with Crippen LogP contribution in [0.2, 0.25) is 0 Å². The summed E-state index contributed by atoms with van der Waals surface area (Å²) in [5, 5.41) is 15.4. The van der Waals surface area contributed by atoms with E-state index >= 15 is 0 Å². The molecule has 21 heavy (non-hydrogen) atoms. The maximum absolute atomic E-state index is 8.94. The second-order valence-electron chi connectivity index (χ2n) is 4.58. The summed E-state index contributed by atoms with van der Waals surface area (Å²) < 4.78 is 0.989. The lowest BCUT2D eigenvalue weighted by molar-refractivity contribution is 0.963. The van der Waals surface area contributed by atoms with E-state index in [-0.39, 0.29) is 0 Å². The van der Waals surface area contributed by atoms with E-state index in [0.717, 1.165) is 33.6 Å². The molecule has 0 spiro atoms. The minimum Gasteiger partial charge on any atom is -0.369 e. The molecule has 1 aromatic heterocycles. The predicted molar refractivity (Wildman–Crippen MR) is 92.7 cm³/mol. The Morgan fingerprint density at radius 3 is 2.86 bits per heavy atom. The first kappa shape index (κ1) is 15.5. The van der Waals surface area contributed by atoms with Crippen molar-refractivity contribution in [1.82, 2.24) is 9.97 Å². The Morgan fingerprint density at radius 2 is 2.19 bits per heavy atom. The zero-order chi connectivity index (χ0) is 15.2. The van der Waals surface area contributed by atoms with Gasteiger partial charge in [0.15, 0.2) is 0 Å². The molecule has 108 valence electrons. The summed E-state index contributed by atoms with van der Waals surface area (Å²) in [7, 11) is 0. The van der Waals surface area contributed by atoms with Crippen LogP contribution in [-0.4, -0.2) is 16.5 Å². The SMILES string of the molecule is CCCNc1nc(Nc2ccc(C#N)c(C)c2)ncc1I. The molecule has 0 saturated carbocycles. The fourth-order valence-electron chi connectivity index (χ4n) is 1.79. The summed E-state index contributed by atoms with van der Waals surface area (Å²) >= 11 is 2.21. The van der Waals surface area contributed by atoms with E-state index in [1.807, 2.05) is 19.1 Å². The van der Waals surface area contributed by atoms with Crippen molar-refractivity contribution >= 4 is 40.0 Å². The van der Waals surface area contributed by atoms with Crippen LogP contribution in [0.5, 0.6) is 0 Å². The van der Waals surface area contributed by atoms with Gasteiger partial charge in [-0.25, -0.2) is 4.98 Å². The minimum atomic E-state index is 0.540. The number of aromatic nitrogens is 2. The first-order chi connectivity index (χ1) is 10.1. The van der Waals surface area contributed by atoms with Crippen LogP contribution >= 0.6 is 22.6 Å². The summed E-state index contributed by atoms with van der Waals surface area (Å²) in [6.07, 6.45) is 2.82. The molecule has 0 aliphatic heterocycles. The molecule has 1 aromatic carbocycles. The molecule has 1 heterocycles. The quantitative estimate of drug-likeness (QED) is 0.756. The molecule has 0 amide bonds. The van der Waals surface area contributed by atoms with E-state index < -0.39 is 0 Å². The Labute approximate surface area is 138 Å². The van der Waals surface area contributed by atoms with Crippen LogP contribution in [0.3, 0.4) is 0 Å². The van der Waals surface area contributed by atoms with Crippen molar-refractivity contribution in [2.24, 2.45) is 0 Å². The van der Waals surface area contributed by atoms with Gasteiger partial charge >= 0.3 is 0 Å². The molecule has 0 bridgehead atoms. The van der Waals surface area contributed by atoms with Gasteiger partial charge in [-0.15, -0.1) is 0 Å². The number of nitriles is 1. The number of anilines is 3. The van der Waals surface area contributed by atoms with Crippen LogP contribution in [0.25, 0.3) is 0 Å². The number of hydrogen-bond donors (Lipinski definition) is 2. The number of aryl methyl sites for hydroxylation is 1. The maximum Gasteiger partial charge on any atom is 0.229 e. The maximum atomic E-state index is 8.94. The van der Waals surface area contributed by atoms with Gasteiger partial charge < -0.3 is 10.6 Å². The van der Waals surface area contributed by atoms with E-state index in [0.29, 0.717) is 11.5 Å². The zero-order valence-corrected chi connectivity index (χ0v) is 14.1. The van der Waals surface area contributed by atoms with Crippen LogP contribution in [0.15, 0.2) is 24.4 Å². The number of nitrogens with zero attached hydrogens (tertiary/aromatic N) is 3. The lowest BCUT2D eigenvalue weighted by Crippen LogP contribution is -2.07. The van der Waals surface area contributed by atoms with Gasteiger partial charge in [0.1, 0.15) is 5.82 Å². The van der Waals surface area contributed by atoms with Crippen molar-refractivity contribution in [2.75, 3.05) is 17.2 Å². The fourth-order valence-corrected chi connectivity index (χ4v) is 2.24. The third kappa shape index (κ3) is 4.04. The number of hydrogen-bond acceptors (Lipinski definition) is 5. The Kier molecular flexibility index (Phi) is 5.33. The van der Waals surface area contributed by atoms with Gasteiger partial charge in [0.25, 0.3) is 0 Å². The molecule has 6 heteroatoms. The van der Waals surface area contributed by atoms with Crippen LogP contribution in [0.4, 0.5) is 17.5 Å². The van der Waals surface area contributed by atoms with Crippen molar-refractivity contribution in [2.45, 2.75) is 20.3 Å². The normalized spacial score (nSPS) is 10.0. The van der Waals surface area contributed by atoms with E-state index in [1.165, 1.54) is 0 Å². The smallest absolute Gasteiger partial charge is 0.229 e. The molecule has 0 unspecified atom stereocenters. The van der Waals surface area contributed by atoms with Crippen molar-refractivity contribution in [3.05, 3.63) is 39.1 Å². The summed E-state index contributed by atoms with van der Waals surface area (Å²) in [6.45, 7) is 4.90. The molecule has 0 saturated heterocycles. The Morgan fingerprint density at radius 1 is 1.38 bits per heavy atom. The Balaban J connectivity index is 2.19. The molecule has 0 radical (unpaired) electrons. The van der Waals surface area contributed by atoms with Gasteiger partial charge in [-0.05, 0) is 59.7 Å². The fraction of sp³-hybridized carbons (Fsp3) is 0.267. The van der Waals surface area contributed by atoms with Crippen LogP contribution in [-0.2, 0) is 0 Å². The lowest BCUT2D eigenvalue weighted by Gasteiger charge is -2.10. The standard InChI is InChI=1S/C15H16IN5/c1-3-6-18-14-13(16)9-19-15(21-14)20-12-5-4-11(8-17)10(2)7-12/h4-5,7,9H,3,6H2,1-2H3,(H2,18,19,20,21). The Bertz CT molecular complexity index is 678. The highest BCUT2D eigenvalue weighted by Gasteiger charge is 2.06. The van der Waals surface area contributed by atoms with E-state index in [2.05, 4.69) is 56.2 Å². The summed E-state index contributed by atoms with van der Waals surface area (Å²) in [4.78, 5) is 8.75. The highest BCUT2D eigenvalue weighted by molar-refractivity contribution is 14.1. The molecule has 2 rings (SSSR count). The number of benzene rings is 1. The van der Waals surface area contributed by atoms with Crippen LogP contribution < -0.4 is 10.6 Å². The average Bonchev–Trinajstić information content (AvgIpc) is 2.48. The minimum absolute atomic E-state index is 0.540. The molecule has 5 nitrogen and oxygen atoms in total. The third-order valence-electron chi connectivity index (χ3n) is 2.89. The van der Waals surface area contributed by atoms with Gasteiger partial charge in [0, 0.05) is 18.4 Å². The summed E-state index contributed by atoms with van der Waals surface area (Å²) in [5.41, 5.74) is 2.47. The van der Waals surface area contributed by atoms with Gasteiger partial charge in [-0.3, -0.25) is 0 Å². The number of halogens is 1. The van der Waals surface area contributed by atoms with Crippen LogP contribution in [0, 0.1) is 21.8 Å². The molecule has 2 N–H and O–H groups in total. The van der Waals surface area contributed by atoms with E-state index in [1.54, 1.807) is 12.3 Å². The third-order valence-corrected chi connectivity index (χ3v) is 3.68. The van der Waals surface area contributed by atoms with Crippen LogP contribution in [0.1, 0.15) is 24.5 Å². The average molecular weight is 393 g/mol. The van der Waals surface area contributed by atoms with E-state index in [9.17, 15) is 0 Å². The molecule has 0 fully saturated rings. The zero-order valence-electron chi connectivity index (χ0n) is 11.9. The highest BCUT2D eigenvalue weighted by atomic mass is 127. The van der Waals surface area contributed by atoms with Gasteiger partial charge in [0.2, 0.25) is 5.95 Å². The molecular weight excluding hydrogens is 377 g/mol. The molecular formula is C15H16IN5. The number of rotatable bonds is 5. The number of nitrogens with one attached hydrogen (secondary N) is 2. The summed E-state index contributed by atoms with van der Waals surface area (Å²) in [6, 6.07) is 7.72. The molecule has 2 aromatic rings. The largest absolute Gasteiger partial charge is 0.369 e. The van der Waals surface area contributed by atoms with Crippen molar-refractivity contribution < 1.29 is 0 Å². The molecule has 0 aliphatic carbocycles. The summed E-state index contributed by atoms with van der Waals surface area (Å²) in [5.74, 6) is 1.37. The van der Waals surface area contributed by atoms with E-state index in [4.69, 9.17) is 5.26 Å². The second-order valence-corrected chi connectivity index (χ2v) is 5.75.